The third-order valence-electron chi connectivity index (χ3n) is 6.71. The highest BCUT2D eigenvalue weighted by molar-refractivity contribution is 5.91. The van der Waals surface area contributed by atoms with Crippen molar-refractivity contribution in [1.29, 1.82) is 0 Å². The summed E-state index contributed by atoms with van der Waals surface area (Å²) >= 11 is 0. The van der Waals surface area contributed by atoms with Crippen LogP contribution in [0.5, 0.6) is 0 Å². The van der Waals surface area contributed by atoms with E-state index in [0.29, 0.717) is 12.1 Å². The first-order chi connectivity index (χ1) is 20.3. The van der Waals surface area contributed by atoms with Crippen LogP contribution in [0.3, 0.4) is 0 Å². The lowest BCUT2D eigenvalue weighted by Gasteiger charge is -2.24. The lowest BCUT2D eigenvalue weighted by Crippen LogP contribution is -2.34. The SMILES string of the molecule is [O-][n+]1ccccc1C(c1cc(C(F)(F)F)nc2c(C(F)(F)F)cccc12)c1cc(C(F)(F)F)nc2c(C(F)(F)F)cccc12. The van der Waals surface area contributed by atoms with Gasteiger partial charge in [0.2, 0.25) is 5.69 Å². The first kappa shape index (κ1) is 30.8. The zero-order chi connectivity index (χ0) is 32.4. The number of fused-ring (bicyclic) bond motifs is 2. The molecular formula is C28H13F12N3O. The summed E-state index contributed by atoms with van der Waals surface area (Å²) in [6.45, 7) is 0. The van der Waals surface area contributed by atoms with E-state index in [1.165, 1.54) is 6.07 Å². The van der Waals surface area contributed by atoms with Crippen LogP contribution < -0.4 is 4.73 Å². The third kappa shape index (κ3) is 5.55. The molecule has 0 aliphatic heterocycles. The zero-order valence-electron chi connectivity index (χ0n) is 21.3. The Labute approximate surface area is 237 Å². The van der Waals surface area contributed by atoms with E-state index in [0.717, 1.165) is 42.6 Å². The van der Waals surface area contributed by atoms with Gasteiger partial charge >= 0.3 is 24.7 Å². The average molecular weight is 635 g/mol. The highest BCUT2D eigenvalue weighted by Crippen LogP contribution is 2.45. The van der Waals surface area contributed by atoms with Gasteiger partial charge in [-0.25, -0.2) is 9.97 Å². The van der Waals surface area contributed by atoms with Crippen LogP contribution in [0.15, 0.2) is 72.9 Å². The molecule has 5 rings (SSSR count). The molecule has 0 bridgehead atoms. The van der Waals surface area contributed by atoms with Gasteiger partial charge in [-0.2, -0.15) is 57.4 Å². The molecule has 0 unspecified atom stereocenters. The first-order valence-electron chi connectivity index (χ1n) is 12.1. The maximum atomic E-state index is 14.0. The van der Waals surface area contributed by atoms with E-state index in [-0.39, 0.29) is 16.9 Å². The summed E-state index contributed by atoms with van der Waals surface area (Å²) in [7, 11) is 0. The van der Waals surface area contributed by atoms with E-state index >= 15 is 0 Å². The minimum atomic E-state index is -5.39. The summed E-state index contributed by atoms with van der Waals surface area (Å²) in [5.41, 5.74) is -11.7. The molecule has 0 radical (unpaired) electrons. The number of para-hydroxylation sites is 2. The molecule has 0 aliphatic rings. The van der Waals surface area contributed by atoms with Crippen molar-refractivity contribution in [3.63, 3.8) is 0 Å². The number of benzene rings is 2. The maximum Gasteiger partial charge on any atom is 0.433 e. The summed E-state index contributed by atoms with van der Waals surface area (Å²) in [6.07, 6.45) is -20.5. The van der Waals surface area contributed by atoms with Crippen LogP contribution in [0.1, 0.15) is 45.3 Å². The second-order valence-corrected chi connectivity index (χ2v) is 9.47. The molecule has 3 aromatic heterocycles. The minimum absolute atomic E-state index is 0.0327. The molecule has 0 fully saturated rings. The van der Waals surface area contributed by atoms with Crippen LogP contribution in [0.4, 0.5) is 52.7 Å². The number of rotatable bonds is 3. The fourth-order valence-electron chi connectivity index (χ4n) is 4.93. The van der Waals surface area contributed by atoms with Crippen LogP contribution >= 0.6 is 0 Å². The molecule has 3 heterocycles. The maximum absolute atomic E-state index is 14.0. The molecule has 230 valence electrons. The van der Waals surface area contributed by atoms with Crippen LogP contribution in [-0.4, -0.2) is 9.97 Å². The third-order valence-corrected chi connectivity index (χ3v) is 6.71. The monoisotopic (exact) mass is 635 g/mol. The summed E-state index contributed by atoms with van der Waals surface area (Å²) < 4.78 is 168. The first-order valence-corrected chi connectivity index (χ1v) is 12.1. The highest BCUT2D eigenvalue weighted by atomic mass is 19.4. The molecule has 0 atom stereocenters. The molecule has 0 spiro atoms. The molecule has 0 aliphatic carbocycles. The van der Waals surface area contributed by atoms with Gasteiger partial charge in [-0.05, 0) is 41.5 Å². The van der Waals surface area contributed by atoms with Gasteiger partial charge in [0.25, 0.3) is 0 Å². The van der Waals surface area contributed by atoms with Crippen LogP contribution in [0, 0.1) is 5.21 Å². The molecular weight excluding hydrogens is 622 g/mol. The van der Waals surface area contributed by atoms with Crippen molar-refractivity contribution in [3.8, 4) is 0 Å². The van der Waals surface area contributed by atoms with Gasteiger partial charge in [-0.3, -0.25) is 0 Å². The Balaban J connectivity index is 2.03. The molecule has 0 amide bonds. The van der Waals surface area contributed by atoms with E-state index in [4.69, 9.17) is 0 Å². The number of hydrogen-bond donors (Lipinski definition) is 0. The normalized spacial score (nSPS) is 13.3. The Bertz CT molecular complexity index is 1780. The molecule has 0 saturated heterocycles. The van der Waals surface area contributed by atoms with Gasteiger partial charge in [-0.15, -0.1) is 0 Å². The van der Waals surface area contributed by atoms with Gasteiger partial charge in [-0.1, -0.05) is 24.3 Å². The van der Waals surface area contributed by atoms with Crippen LogP contribution in [0.2, 0.25) is 0 Å². The summed E-state index contributed by atoms with van der Waals surface area (Å²) in [5, 5.41) is 11.7. The quantitative estimate of drug-likeness (QED) is 0.113. The van der Waals surface area contributed by atoms with Crippen LogP contribution in [-0.2, 0) is 24.7 Å². The predicted octanol–water partition coefficient (Wildman–Crippen LogP) is 8.67. The number of halogens is 12. The average Bonchev–Trinajstić information content (AvgIpc) is 2.91. The highest BCUT2D eigenvalue weighted by Gasteiger charge is 2.42. The van der Waals surface area contributed by atoms with Crippen molar-refractivity contribution in [2.75, 3.05) is 0 Å². The second kappa shape index (κ2) is 10.2. The fraction of sp³-hybridized carbons (Fsp3) is 0.179. The largest absolute Gasteiger partial charge is 0.618 e. The van der Waals surface area contributed by atoms with Crippen molar-refractivity contribution in [2.45, 2.75) is 30.6 Å². The van der Waals surface area contributed by atoms with E-state index < -0.39 is 91.8 Å². The molecule has 0 saturated carbocycles. The second-order valence-electron chi connectivity index (χ2n) is 9.47. The van der Waals surface area contributed by atoms with Gasteiger partial charge in [0, 0.05) is 22.9 Å². The van der Waals surface area contributed by atoms with E-state index in [1.54, 1.807) is 0 Å². The molecule has 5 aromatic rings. The van der Waals surface area contributed by atoms with Crippen molar-refractivity contribution >= 4 is 21.8 Å². The van der Waals surface area contributed by atoms with E-state index in [1.807, 2.05) is 0 Å². The smallest absolute Gasteiger partial charge is 0.433 e. The Morgan fingerprint density at radius 1 is 0.545 bits per heavy atom. The predicted molar refractivity (Wildman–Crippen MR) is 130 cm³/mol. The Morgan fingerprint density at radius 2 is 0.977 bits per heavy atom. The number of aromatic nitrogens is 3. The molecule has 2 aromatic carbocycles. The summed E-state index contributed by atoms with van der Waals surface area (Å²) in [5.74, 6) is -2.08. The lowest BCUT2D eigenvalue weighted by atomic mass is 9.83. The van der Waals surface area contributed by atoms with E-state index in [9.17, 15) is 57.9 Å². The Kier molecular flexibility index (Phi) is 7.17. The van der Waals surface area contributed by atoms with Gasteiger partial charge < -0.3 is 5.21 Å². The Morgan fingerprint density at radius 3 is 1.34 bits per heavy atom. The lowest BCUT2D eigenvalue weighted by molar-refractivity contribution is -0.614. The van der Waals surface area contributed by atoms with Gasteiger partial charge in [0.05, 0.1) is 28.1 Å². The Hall–Kier alpha value is -4.63. The number of nitrogens with zero attached hydrogens (tertiary/aromatic N) is 3. The fourth-order valence-corrected chi connectivity index (χ4v) is 4.93. The molecule has 16 heteroatoms. The van der Waals surface area contributed by atoms with E-state index in [2.05, 4.69) is 9.97 Å². The molecule has 0 N–H and O–H groups in total. The summed E-state index contributed by atoms with van der Waals surface area (Å²) in [6, 6.07) is 8.11. The van der Waals surface area contributed by atoms with Crippen LogP contribution in [0.25, 0.3) is 21.8 Å². The summed E-state index contributed by atoms with van der Waals surface area (Å²) in [4.78, 5) is 6.32. The zero-order valence-corrected chi connectivity index (χ0v) is 21.3. The van der Waals surface area contributed by atoms with Gasteiger partial charge in [0.1, 0.15) is 11.4 Å². The van der Waals surface area contributed by atoms with Gasteiger partial charge in [0.15, 0.2) is 6.20 Å². The topological polar surface area (TPSA) is 52.7 Å². The van der Waals surface area contributed by atoms with Crippen molar-refractivity contribution < 1.29 is 57.4 Å². The molecule has 4 nitrogen and oxygen atoms in total. The van der Waals surface area contributed by atoms with Crippen molar-refractivity contribution in [1.82, 2.24) is 9.97 Å². The number of hydrogen-bond acceptors (Lipinski definition) is 3. The van der Waals surface area contributed by atoms with Crippen molar-refractivity contribution in [3.05, 3.63) is 117 Å². The number of alkyl halides is 12. The molecule has 44 heavy (non-hydrogen) atoms. The standard InChI is InChI=1S/C28H13F12N3O/c29-25(30,31)17-7-3-5-13-15(11-20(27(35,36)37)41-23(13)17)22(19-9-1-2-10-43(19)44)16-12-21(28(38,39)40)42-24-14(16)6-4-8-18(24)26(32,33)34/h1-12,22H. The van der Waals surface area contributed by atoms with Crippen molar-refractivity contribution in [2.24, 2.45) is 0 Å². The minimum Gasteiger partial charge on any atom is -0.618 e. The number of pyridine rings is 3.